The third-order valence-electron chi connectivity index (χ3n) is 5.63. The van der Waals surface area contributed by atoms with Gasteiger partial charge in [0, 0.05) is 6.04 Å². The fraction of sp³-hybridized carbons (Fsp3) is 0.462. The van der Waals surface area contributed by atoms with E-state index in [1.165, 1.54) is 0 Å². The van der Waals surface area contributed by atoms with Crippen LogP contribution in [0.5, 0.6) is 5.75 Å². The molecular weight excluding hydrogens is 422 g/mol. The van der Waals surface area contributed by atoms with Gasteiger partial charge in [-0.1, -0.05) is 30.3 Å². The summed E-state index contributed by atoms with van der Waals surface area (Å²) in [7, 11) is 1.62. The number of likely N-dealkylation sites (tertiary alicyclic amines) is 1. The van der Waals surface area contributed by atoms with Crippen molar-refractivity contribution < 1.29 is 28.9 Å². The number of aliphatic hydroxyl groups excluding tert-OH is 1. The zero-order chi connectivity index (χ0) is 24.0. The van der Waals surface area contributed by atoms with Crippen LogP contribution < -0.4 is 4.74 Å². The van der Waals surface area contributed by atoms with E-state index in [1.54, 1.807) is 36.3 Å². The van der Waals surface area contributed by atoms with E-state index >= 15 is 0 Å². The number of ether oxygens (including phenoxy) is 3. The smallest absolute Gasteiger partial charge is 0.410 e. The van der Waals surface area contributed by atoms with Gasteiger partial charge in [0.1, 0.15) is 17.5 Å². The lowest BCUT2D eigenvalue weighted by molar-refractivity contribution is -0.0315. The molecule has 1 fully saturated rings. The van der Waals surface area contributed by atoms with Gasteiger partial charge in [0.2, 0.25) is 0 Å². The van der Waals surface area contributed by atoms with Crippen molar-refractivity contribution in [3.63, 3.8) is 0 Å². The van der Waals surface area contributed by atoms with Gasteiger partial charge in [-0.3, -0.25) is 4.90 Å². The number of hydrogen-bond donors (Lipinski definition) is 1. The second-order valence-corrected chi connectivity index (χ2v) is 9.23. The molecule has 0 aliphatic carbocycles. The number of benzene rings is 2. The fourth-order valence-corrected chi connectivity index (χ4v) is 4.17. The van der Waals surface area contributed by atoms with E-state index in [9.17, 15) is 14.7 Å². The van der Waals surface area contributed by atoms with Crippen LogP contribution in [-0.2, 0) is 15.9 Å². The summed E-state index contributed by atoms with van der Waals surface area (Å²) in [5.41, 5.74) is 0.737. The van der Waals surface area contributed by atoms with Gasteiger partial charge >= 0.3 is 12.1 Å². The minimum Gasteiger partial charge on any atom is -0.497 e. The molecule has 1 aliphatic rings. The monoisotopic (exact) mass is 455 g/mol. The number of rotatable bonds is 7. The molecule has 2 aromatic carbocycles. The number of methoxy groups -OCH3 is 1. The molecule has 2 aromatic rings. The van der Waals surface area contributed by atoms with E-state index in [1.807, 2.05) is 51.1 Å². The molecule has 7 heteroatoms. The number of nitrogens with zero attached hydrogens (tertiary/aromatic N) is 1. The second-order valence-electron chi connectivity index (χ2n) is 9.23. The molecule has 1 N–H and O–H groups in total. The molecule has 0 bridgehead atoms. The quantitative estimate of drug-likeness (QED) is 0.629. The second kappa shape index (κ2) is 10.7. The molecule has 1 aliphatic heterocycles. The normalized spacial score (nSPS) is 19.1. The molecular formula is C26H33NO6. The predicted octanol–water partition coefficient (Wildman–Crippen LogP) is 4.22. The molecule has 1 saturated heterocycles. The van der Waals surface area contributed by atoms with Crippen LogP contribution in [0.25, 0.3) is 0 Å². The summed E-state index contributed by atoms with van der Waals surface area (Å²) in [6, 6.07) is 15.7. The Morgan fingerprint density at radius 3 is 2.45 bits per heavy atom. The van der Waals surface area contributed by atoms with Gasteiger partial charge in [-0.25, -0.2) is 9.59 Å². The maximum atomic E-state index is 13.2. The standard InChI is InChI=1S/C26H33NO6/c1-26(2,3)33-25(30)27-20(15-18-9-8-12-21(16-18)31-4)13-14-22(27)23(17-28)32-24(29)19-10-6-5-7-11-19/h5-12,16,20,22-23,28H,13-15,17H2,1-4H3. The van der Waals surface area contributed by atoms with Crippen LogP contribution in [0.15, 0.2) is 54.6 Å². The maximum Gasteiger partial charge on any atom is 0.410 e. The van der Waals surface area contributed by atoms with Crippen molar-refractivity contribution in [1.82, 2.24) is 4.90 Å². The number of carbonyl (C=O) groups is 2. The molecule has 0 aromatic heterocycles. The summed E-state index contributed by atoms with van der Waals surface area (Å²) in [5, 5.41) is 10.1. The Kier molecular flexibility index (Phi) is 7.97. The lowest BCUT2D eigenvalue weighted by Crippen LogP contribution is -2.51. The average Bonchev–Trinajstić information content (AvgIpc) is 3.20. The highest BCUT2D eigenvalue weighted by Gasteiger charge is 2.44. The summed E-state index contributed by atoms with van der Waals surface area (Å²) in [6.07, 6.45) is 0.534. The Morgan fingerprint density at radius 2 is 1.82 bits per heavy atom. The minimum atomic E-state index is -0.861. The van der Waals surface area contributed by atoms with Crippen molar-refractivity contribution in [2.24, 2.45) is 0 Å². The van der Waals surface area contributed by atoms with Crippen molar-refractivity contribution in [3.05, 3.63) is 65.7 Å². The van der Waals surface area contributed by atoms with Gasteiger partial charge < -0.3 is 19.3 Å². The average molecular weight is 456 g/mol. The van der Waals surface area contributed by atoms with Crippen molar-refractivity contribution in [1.29, 1.82) is 0 Å². The first kappa shape index (κ1) is 24.6. The Labute approximate surface area is 195 Å². The van der Waals surface area contributed by atoms with Crippen LogP contribution in [0, 0.1) is 0 Å². The van der Waals surface area contributed by atoms with Gasteiger partial charge in [-0.2, -0.15) is 0 Å². The van der Waals surface area contributed by atoms with Crippen LogP contribution in [0.2, 0.25) is 0 Å². The Hall–Kier alpha value is -3.06. The van der Waals surface area contributed by atoms with Gasteiger partial charge in [0.05, 0.1) is 25.3 Å². The van der Waals surface area contributed by atoms with Crippen LogP contribution in [0.3, 0.4) is 0 Å². The molecule has 7 nitrogen and oxygen atoms in total. The molecule has 3 atom stereocenters. The molecule has 1 heterocycles. The van der Waals surface area contributed by atoms with E-state index in [0.717, 1.165) is 11.3 Å². The first-order valence-electron chi connectivity index (χ1n) is 11.2. The lowest BCUT2D eigenvalue weighted by atomic mass is 10.0. The highest BCUT2D eigenvalue weighted by molar-refractivity contribution is 5.89. The summed E-state index contributed by atoms with van der Waals surface area (Å²) in [5.74, 6) is 0.214. The molecule has 3 rings (SSSR count). The first-order chi connectivity index (χ1) is 15.7. The van der Waals surface area contributed by atoms with Crippen molar-refractivity contribution >= 4 is 12.1 Å². The van der Waals surface area contributed by atoms with E-state index in [2.05, 4.69) is 0 Å². The highest BCUT2D eigenvalue weighted by Crippen LogP contribution is 2.32. The minimum absolute atomic E-state index is 0.165. The summed E-state index contributed by atoms with van der Waals surface area (Å²) in [6.45, 7) is 5.04. The van der Waals surface area contributed by atoms with Crippen molar-refractivity contribution in [3.8, 4) is 5.75 Å². The third-order valence-corrected chi connectivity index (χ3v) is 5.63. The van der Waals surface area contributed by atoms with Gasteiger partial charge in [0.15, 0.2) is 0 Å². The number of aliphatic hydroxyl groups is 1. The fourth-order valence-electron chi connectivity index (χ4n) is 4.17. The van der Waals surface area contributed by atoms with Crippen LogP contribution in [0.1, 0.15) is 49.5 Å². The number of hydrogen-bond acceptors (Lipinski definition) is 6. The van der Waals surface area contributed by atoms with Crippen molar-refractivity contribution in [2.45, 2.75) is 63.8 Å². The van der Waals surface area contributed by atoms with Gasteiger partial charge in [-0.15, -0.1) is 0 Å². The van der Waals surface area contributed by atoms with E-state index in [4.69, 9.17) is 14.2 Å². The maximum absolute atomic E-state index is 13.2. The predicted molar refractivity (Wildman–Crippen MR) is 124 cm³/mol. The Morgan fingerprint density at radius 1 is 1.09 bits per heavy atom. The zero-order valence-electron chi connectivity index (χ0n) is 19.7. The summed E-state index contributed by atoms with van der Waals surface area (Å²) in [4.78, 5) is 27.5. The SMILES string of the molecule is COc1cccc(CC2CCC(C(CO)OC(=O)c3ccccc3)N2C(=O)OC(C)(C)C)c1. The molecule has 0 saturated carbocycles. The molecule has 178 valence electrons. The molecule has 33 heavy (non-hydrogen) atoms. The largest absolute Gasteiger partial charge is 0.497 e. The summed E-state index contributed by atoms with van der Waals surface area (Å²) >= 11 is 0. The molecule has 3 unspecified atom stereocenters. The topological polar surface area (TPSA) is 85.3 Å². The van der Waals surface area contributed by atoms with Crippen LogP contribution >= 0.6 is 0 Å². The number of esters is 1. The highest BCUT2D eigenvalue weighted by atomic mass is 16.6. The zero-order valence-corrected chi connectivity index (χ0v) is 19.7. The van der Waals surface area contributed by atoms with E-state index < -0.39 is 36.4 Å². The molecule has 0 spiro atoms. The molecule has 1 amide bonds. The summed E-state index contributed by atoms with van der Waals surface area (Å²) < 4.78 is 16.7. The first-order valence-corrected chi connectivity index (χ1v) is 11.2. The Bertz CT molecular complexity index is 939. The van der Waals surface area contributed by atoms with Gasteiger partial charge in [-0.05, 0) is 69.9 Å². The van der Waals surface area contributed by atoms with E-state index in [-0.39, 0.29) is 6.04 Å². The number of carbonyl (C=O) groups excluding carboxylic acids is 2. The van der Waals surface area contributed by atoms with Crippen LogP contribution in [0.4, 0.5) is 4.79 Å². The Balaban J connectivity index is 1.83. The number of amides is 1. The lowest BCUT2D eigenvalue weighted by Gasteiger charge is -2.35. The van der Waals surface area contributed by atoms with Gasteiger partial charge in [0.25, 0.3) is 0 Å². The van der Waals surface area contributed by atoms with Crippen LogP contribution in [-0.4, -0.2) is 59.6 Å². The third kappa shape index (κ3) is 6.48. The molecule has 0 radical (unpaired) electrons. The van der Waals surface area contributed by atoms with Crippen molar-refractivity contribution in [2.75, 3.05) is 13.7 Å². The van der Waals surface area contributed by atoms with E-state index in [0.29, 0.717) is 24.8 Å².